The Balaban J connectivity index is 3.07. The van der Waals surface area contributed by atoms with Gasteiger partial charge in [-0.1, -0.05) is 0 Å². The molecule has 1 aromatic carbocycles. The Morgan fingerprint density at radius 3 is 2.60 bits per heavy atom. The molecule has 82 valence electrons. The summed E-state index contributed by atoms with van der Waals surface area (Å²) in [4.78, 5) is 10.8. The molecule has 0 spiro atoms. The molecule has 0 fully saturated rings. The van der Waals surface area contributed by atoms with E-state index < -0.39 is 5.97 Å². The second-order valence-electron chi connectivity index (χ2n) is 3.52. The minimum absolute atomic E-state index is 0.225. The molecule has 0 saturated heterocycles. The summed E-state index contributed by atoms with van der Waals surface area (Å²) in [5.41, 5.74) is 0.950. The average Bonchev–Trinajstić information content (AvgIpc) is 2.16. The summed E-state index contributed by atoms with van der Waals surface area (Å²) >= 11 is 0. The Kier molecular flexibility index (Phi) is 3.55. The van der Waals surface area contributed by atoms with E-state index in [1.165, 1.54) is 6.07 Å². The summed E-state index contributed by atoms with van der Waals surface area (Å²) in [7, 11) is 1.56. The Hall–Kier alpha value is -1.71. The molecule has 1 aromatic rings. The summed E-state index contributed by atoms with van der Waals surface area (Å²) in [6.45, 7) is 3.96. The fraction of sp³-hybridized carbons (Fsp3) is 0.364. The van der Waals surface area contributed by atoms with Crippen molar-refractivity contribution in [2.24, 2.45) is 0 Å². The smallest absolute Gasteiger partial charge is 0.335 e. The molecular formula is C11H15NO3. The van der Waals surface area contributed by atoms with Crippen molar-refractivity contribution >= 4 is 11.7 Å². The molecule has 0 aromatic heterocycles. The monoisotopic (exact) mass is 209 g/mol. The van der Waals surface area contributed by atoms with E-state index >= 15 is 0 Å². The summed E-state index contributed by atoms with van der Waals surface area (Å²) in [5, 5.41) is 12.0. The van der Waals surface area contributed by atoms with Gasteiger partial charge >= 0.3 is 5.97 Å². The van der Waals surface area contributed by atoms with Crippen molar-refractivity contribution < 1.29 is 14.6 Å². The van der Waals surface area contributed by atoms with Crippen LogP contribution >= 0.6 is 0 Å². The van der Waals surface area contributed by atoms with Crippen LogP contribution in [0.4, 0.5) is 5.69 Å². The topological polar surface area (TPSA) is 58.6 Å². The van der Waals surface area contributed by atoms with Crippen LogP contribution in [0.2, 0.25) is 0 Å². The number of aromatic carboxylic acids is 1. The fourth-order valence-corrected chi connectivity index (χ4v) is 1.26. The fourth-order valence-electron chi connectivity index (χ4n) is 1.26. The SMILES string of the molecule is COc1ccc(C(=O)O)cc1NC(C)C. The number of anilines is 1. The van der Waals surface area contributed by atoms with Crippen LogP contribution in [-0.2, 0) is 0 Å². The molecule has 4 heteroatoms. The molecule has 15 heavy (non-hydrogen) atoms. The largest absolute Gasteiger partial charge is 0.495 e. The van der Waals surface area contributed by atoms with Gasteiger partial charge in [-0.3, -0.25) is 0 Å². The Bertz CT molecular complexity index is 361. The second-order valence-corrected chi connectivity index (χ2v) is 3.52. The minimum Gasteiger partial charge on any atom is -0.495 e. The first kappa shape index (κ1) is 11.4. The van der Waals surface area contributed by atoms with E-state index in [1.54, 1.807) is 19.2 Å². The van der Waals surface area contributed by atoms with E-state index in [-0.39, 0.29) is 11.6 Å². The predicted octanol–water partition coefficient (Wildman–Crippen LogP) is 2.21. The Morgan fingerprint density at radius 2 is 2.13 bits per heavy atom. The summed E-state index contributed by atoms with van der Waals surface area (Å²) in [6, 6.07) is 4.96. The molecule has 0 saturated carbocycles. The van der Waals surface area contributed by atoms with E-state index in [0.717, 1.165) is 0 Å². The maximum atomic E-state index is 10.8. The number of methoxy groups -OCH3 is 1. The predicted molar refractivity (Wildman–Crippen MR) is 58.7 cm³/mol. The zero-order chi connectivity index (χ0) is 11.4. The van der Waals surface area contributed by atoms with Crippen LogP contribution in [0.25, 0.3) is 0 Å². The zero-order valence-corrected chi connectivity index (χ0v) is 9.07. The van der Waals surface area contributed by atoms with E-state index in [0.29, 0.717) is 11.4 Å². The van der Waals surface area contributed by atoms with Crippen LogP contribution in [0.1, 0.15) is 24.2 Å². The summed E-state index contributed by atoms with van der Waals surface area (Å²) in [6.07, 6.45) is 0. The molecule has 2 N–H and O–H groups in total. The number of carbonyl (C=O) groups is 1. The molecule has 1 rings (SSSR count). The highest BCUT2D eigenvalue weighted by atomic mass is 16.5. The molecule has 0 amide bonds. The van der Waals surface area contributed by atoms with Gasteiger partial charge in [-0.25, -0.2) is 4.79 Å². The molecule has 0 bridgehead atoms. The first-order chi connectivity index (χ1) is 7.04. The molecule has 0 aliphatic heterocycles. The van der Waals surface area contributed by atoms with Crippen LogP contribution in [0.15, 0.2) is 18.2 Å². The van der Waals surface area contributed by atoms with Gasteiger partial charge in [0.15, 0.2) is 0 Å². The molecular weight excluding hydrogens is 194 g/mol. The number of ether oxygens (including phenoxy) is 1. The van der Waals surface area contributed by atoms with Gasteiger partial charge in [0, 0.05) is 6.04 Å². The third kappa shape index (κ3) is 2.87. The molecule has 0 atom stereocenters. The number of hydrogen-bond acceptors (Lipinski definition) is 3. The summed E-state index contributed by atoms with van der Waals surface area (Å²) < 4.78 is 5.13. The lowest BCUT2D eigenvalue weighted by molar-refractivity contribution is 0.0697. The van der Waals surface area contributed by atoms with Gasteiger partial charge in [0.2, 0.25) is 0 Å². The van der Waals surface area contributed by atoms with Gasteiger partial charge in [-0.05, 0) is 32.0 Å². The number of carboxylic acids is 1. The lowest BCUT2D eigenvalue weighted by atomic mass is 10.1. The lowest BCUT2D eigenvalue weighted by Crippen LogP contribution is -2.11. The number of benzene rings is 1. The quantitative estimate of drug-likeness (QED) is 0.798. The number of nitrogens with one attached hydrogen (secondary N) is 1. The van der Waals surface area contributed by atoms with Crippen LogP contribution in [0.3, 0.4) is 0 Å². The van der Waals surface area contributed by atoms with Crippen LogP contribution in [0.5, 0.6) is 5.75 Å². The van der Waals surface area contributed by atoms with Gasteiger partial charge in [0.1, 0.15) is 5.75 Å². The van der Waals surface area contributed by atoms with Crippen molar-refractivity contribution in [3.05, 3.63) is 23.8 Å². The molecule has 0 aliphatic rings. The average molecular weight is 209 g/mol. The zero-order valence-electron chi connectivity index (χ0n) is 9.07. The Labute approximate surface area is 88.9 Å². The van der Waals surface area contributed by atoms with Gasteiger partial charge in [0.05, 0.1) is 18.4 Å². The number of hydrogen-bond donors (Lipinski definition) is 2. The van der Waals surface area contributed by atoms with Crippen LogP contribution < -0.4 is 10.1 Å². The van der Waals surface area contributed by atoms with Crippen molar-refractivity contribution in [3.63, 3.8) is 0 Å². The Morgan fingerprint density at radius 1 is 1.47 bits per heavy atom. The highest BCUT2D eigenvalue weighted by Crippen LogP contribution is 2.26. The van der Waals surface area contributed by atoms with Gasteiger partial charge in [-0.15, -0.1) is 0 Å². The number of rotatable bonds is 4. The molecule has 0 unspecified atom stereocenters. The van der Waals surface area contributed by atoms with Gasteiger partial charge < -0.3 is 15.2 Å². The first-order valence-electron chi connectivity index (χ1n) is 4.72. The molecule has 0 radical (unpaired) electrons. The summed E-state index contributed by atoms with van der Waals surface area (Å²) in [5.74, 6) is -0.293. The molecule has 4 nitrogen and oxygen atoms in total. The van der Waals surface area contributed by atoms with E-state index in [4.69, 9.17) is 9.84 Å². The highest BCUT2D eigenvalue weighted by molar-refractivity contribution is 5.89. The molecule has 0 heterocycles. The molecule has 0 aliphatic carbocycles. The van der Waals surface area contributed by atoms with E-state index in [2.05, 4.69) is 5.32 Å². The van der Waals surface area contributed by atoms with Crippen LogP contribution in [-0.4, -0.2) is 24.2 Å². The highest BCUT2D eigenvalue weighted by Gasteiger charge is 2.09. The standard InChI is InChI=1S/C11H15NO3/c1-7(2)12-9-6-8(11(13)14)4-5-10(9)15-3/h4-7,12H,1-3H3,(H,13,14). The second kappa shape index (κ2) is 4.68. The first-order valence-corrected chi connectivity index (χ1v) is 4.72. The third-order valence-corrected chi connectivity index (χ3v) is 1.89. The van der Waals surface area contributed by atoms with Crippen molar-refractivity contribution in [2.75, 3.05) is 12.4 Å². The third-order valence-electron chi connectivity index (χ3n) is 1.89. The lowest BCUT2D eigenvalue weighted by Gasteiger charge is -2.14. The van der Waals surface area contributed by atoms with Crippen molar-refractivity contribution in [3.8, 4) is 5.75 Å². The maximum Gasteiger partial charge on any atom is 0.335 e. The van der Waals surface area contributed by atoms with Gasteiger partial charge in [0.25, 0.3) is 0 Å². The van der Waals surface area contributed by atoms with E-state index in [1.807, 2.05) is 13.8 Å². The van der Waals surface area contributed by atoms with Gasteiger partial charge in [-0.2, -0.15) is 0 Å². The minimum atomic E-state index is -0.940. The van der Waals surface area contributed by atoms with Crippen molar-refractivity contribution in [1.82, 2.24) is 0 Å². The number of carboxylic acid groups (broad SMARTS) is 1. The van der Waals surface area contributed by atoms with Crippen molar-refractivity contribution in [1.29, 1.82) is 0 Å². The maximum absolute atomic E-state index is 10.8. The van der Waals surface area contributed by atoms with Crippen molar-refractivity contribution in [2.45, 2.75) is 19.9 Å². The normalized spacial score (nSPS) is 10.1. The van der Waals surface area contributed by atoms with Crippen LogP contribution in [0, 0.1) is 0 Å². The van der Waals surface area contributed by atoms with E-state index in [9.17, 15) is 4.79 Å².